The normalized spacial score (nSPS) is 15.0. The molecule has 0 spiro atoms. The lowest BCUT2D eigenvalue weighted by molar-refractivity contribution is -0.917. The Labute approximate surface area is 168 Å². The highest BCUT2D eigenvalue weighted by molar-refractivity contribution is 6.33. The van der Waals surface area contributed by atoms with E-state index in [1.54, 1.807) is 13.0 Å². The molecular formula is C21H22ClN4O2+. The molecule has 3 aromatic rings. The monoisotopic (exact) mass is 397 g/mol. The smallest absolute Gasteiger partial charge is 0.260 e. The van der Waals surface area contributed by atoms with Crippen molar-refractivity contribution in [1.29, 1.82) is 0 Å². The van der Waals surface area contributed by atoms with Gasteiger partial charge in [0.15, 0.2) is 0 Å². The van der Waals surface area contributed by atoms with Gasteiger partial charge in [-0.25, -0.2) is 0 Å². The number of hydrogen-bond donors (Lipinski definition) is 1. The fourth-order valence-corrected chi connectivity index (χ4v) is 3.84. The lowest BCUT2D eigenvalue weighted by Crippen LogP contribution is -3.13. The van der Waals surface area contributed by atoms with Crippen LogP contribution in [0.4, 0.5) is 0 Å². The van der Waals surface area contributed by atoms with E-state index in [0.29, 0.717) is 40.7 Å². The first-order valence-corrected chi connectivity index (χ1v) is 9.74. The highest BCUT2D eigenvalue weighted by atomic mass is 35.5. The van der Waals surface area contributed by atoms with Crippen LogP contribution < -0.4 is 4.90 Å². The molecule has 0 atom stereocenters. The highest BCUT2D eigenvalue weighted by Gasteiger charge is 2.30. The minimum atomic E-state index is -0.0448. The highest BCUT2D eigenvalue weighted by Crippen LogP contribution is 2.31. The first-order chi connectivity index (χ1) is 13.6. The van der Waals surface area contributed by atoms with Crippen molar-refractivity contribution in [2.24, 2.45) is 0 Å². The first-order valence-electron chi connectivity index (χ1n) is 9.36. The Hall–Kier alpha value is -2.70. The second-order valence-electron chi connectivity index (χ2n) is 7.02. The summed E-state index contributed by atoms with van der Waals surface area (Å²) in [5, 5.41) is 4.67. The van der Waals surface area contributed by atoms with E-state index >= 15 is 0 Å². The molecule has 6 nitrogen and oxygen atoms in total. The van der Waals surface area contributed by atoms with Crippen LogP contribution in [0.3, 0.4) is 0 Å². The molecule has 4 rings (SSSR count). The number of nitrogens with zero attached hydrogens (tertiary/aromatic N) is 3. The van der Waals surface area contributed by atoms with E-state index in [1.165, 1.54) is 10.5 Å². The van der Waals surface area contributed by atoms with Crippen LogP contribution in [0.2, 0.25) is 5.02 Å². The number of amides is 1. The number of hydrogen-bond acceptors (Lipinski definition) is 4. The number of quaternary nitrogens is 1. The van der Waals surface area contributed by atoms with Crippen LogP contribution in [0.15, 0.2) is 53.3 Å². The molecule has 1 N–H and O–H groups in total. The molecule has 0 radical (unpaired) electrons. The zero-order valence-electron chi connectivity index (χ0n) is 15.7. The van der Waals surface area contributed by atoms with Crippen LogP contribution in [0.25, 0.3) is 11.3 Å². The van der Waals surface area contributed by atoms with Gasteiger partial charge < -0.3 is 14.3 Å². The van der Waals surface area contributed by atoms with Crippen LogP contribution in [0.1, 0.15) is 21.7 Å². The molecule has 2 aromatic heterocycles. The summed E-state index contributed by atoms with van der Waals surface area (Å²) in [7, 11) is 0. The number of carbonyl (C=O) groups is 1. The van der Waals surface area contributed by atoms with Crippen molar-refractivity contribution in [2.75, 3.05) is 26.2 Å². The summed E-state index contributed by atoms with van der Waals surface area (Å²) in [6.45, 7) is 5.92. The first kappa shape index (κ1) is 18.7. The molecule has 0 aliphatic carbocycles. The van der Waals surface area contributed by atoms with Crippen LogP contribution in [-0.2, 0) is 6.54 Å². The molecule has 1 aromatic carbocycles. The fraction of sp³-hybridized carbons (Fsp3) is 0.286. The topological polar surface area (TPSA) is 63.7 Å². The summed E-state index contributed by atoms with van der Waals surface area (Å²) in [4.78, 5) is 20.6. The van der Waals surface area contributed by atoms with Gasteiger partial charge in [0, 0.05) is 23.5 Å². The van der Waals surface area contributed by atoms with E-state index < -0.39 is 0 Å². The van der Waals surface area contributed by atoms with E-state index in [2.05, 4.69) is 10.1 Å². The number of nitrogens with one attached hydrogen (secondary N) is 1. The number of benzene rings is 1. The van der Waals surface area contributed by atoms with Crippen LogP contribution in [-0.4, -0.2) is 47.1 Å². The molecule has 1 aliphatic rings. The third-order valence-electron chi connectivity index (χ3n) is 5.17. The van der Waals surface area contributed by atoms with Crippen molar-refractivity contribution in [1.82, 2.24) is 15.0 Å². The second kappa shape index (κ2) is 8.12. The Morgan fingerprint density at radius 2 is 1.89 bits per heavy atom. The zero-order chi connectivity index (χ0) is 19.5. The Bertz CT molecular complexity index is 966. The van der Waals surface area contributed by atoms with Crippen LogP contribution in [0.5, 0.6) is 0 Å². The quantitative estimate of drug-likeness (QED) is 0.733. The number of carbonyl (C=O) groups excluding carboxylic acids is 1. The summed E-state index contributed by atoms with van der Waals surface area (Å²) in [6.07, 6.45) is 3.64. The minimum Gasteiger partial charge on any atom is -0.360 e. The molecule has 0 unspecified atom stereocenters. The molecule has 1 amide bonds. The molecule has 1 fully saturated rings. The number of aryl methyl sites for hydroxylation is 1. The predicted molar refractivity (Wildman–Crippen MR) is 106 cm³/mol. The van der Waals surface area contributed by atoms with E-state index in [1.807, 2.05) is 47.6 Å². The van der Waals surface area contributed by atoms with Gasteiger partial charge in [-0.05, 0) is 25.1 Å². The van der Waals surface area contributed by atoms with Gasteiger partial charge in [0.2, 0.25) is 0 Å². The SMILES string of the molecule is Cc1onc(-c2ccccc2Cl)c1C(=O)N1CC[NH+](Cc2ccncc2)CC1. The third kappa shape index (κ3) is 3.79. The maximum atomic E-state index is 13.2. The standard InChI is InChI=1S/C21H21ClN4O2/c1-15-19(20(24-28-15)17-4-2-3-5-18(17)22)21(27)26-12-10-25(11-13-26)14-16-6-8-23-9-7-16/h2-9H,10-14H2,1H3/p+1. The van der Waals surface area contributed by atoms with Crippen LogP contribution >= 0.6 is 11.6 Å². The van der Waals surface area contributed by atoms with Crippen molar-refractivity contribution in [3.05, 3.63) is 70.7 Å². The maximum absolute atomic E-state index is 13.2. The number of piperazine rings is 1. The number of pyridine rings is 1. The maximum Gasteiger partial charge on any atom is 0.260 e. The van der Waals surface area contributed by atoms with Crippen molar-refractivity contribution < 1.29 is 14.2 Å². The third-order valence-corrected chi connectivity index (χ3v) is 5.50. The molecule has 1 saturated heterocycles. The fourth-order valence-electron chi connectivity index (χ4n) is 3.61. The average Bonchev–Trinajstić information content (AvgIpc) is 3.10. The lowest BCUT2D eigenvalue weighted by atomic mass is 10.0. The van der Waals surface area contributed by atoms with Gasteiger partial charge in [-0.15, -0.1) is 0 Å². The minimum absolute atomic E-state index is 0.0448. The summed E-state index contributed by atoms with van der Waals surface area (Å²) >= 11 is 6.31. The number of rotatable bonds is 4. The number of halogens is 1. The number of aromatic nitrogens is 2. The van der Waals surface area contributed by atoms with Crippen molar-refractivity contribution in [3.8, 4) is 11.3 Å². The van der Waals surface area contributed by atoms with E-state index in [9.17, 15) is 4.79 Å². The lowest BCUT2D eigenvalue weighted by Gasteiger charge is -2.32. The molecule has 3 heterocycles. The van der Waals surface area contributed by atoms with Gasteiger partial charge in [0.25, 0.3) is 5.91 Å². The zero-order valence-corrected chi connectivity index (χ0v) is 16.4. The molecule has 7 heteroatoms. The Morgan fingerprint density at radius 1 is 1.18 bits per heavy atom. The summed E-state index contributed by atoms with van der Waals surface area (Å²) in [5.41, 5.74) is 3.00. The summed E-state index contributed by atoms with van der Waals surface area (Å²) in [5.74, 6) is 0.475. The molecule has 1 aliphatic heterocycles. The predicted octanol–water partition coefficient (Wildman–Crippen LogP) is 2.24. The van der Waals surface area contributed by atoms with Gasteiger partial charge in [0.05, 0.1) is 31.2 Å². The van der Waals surface area contributed by atoms with Crippen LogP contribution in [0, 0.1) is 6.92 Å². The van der Waals surface area contributed by atoms with E-state index in [4.69, 9.17) is 16.1 Å². The largest absolute Gasteiger partial charge is 0.360 e. The summed E-state index contributed by atoms with van der Waals surface area (Å²) < 4.78 is 5.35. The Balaban J connectivity index is 1.48. The molecular weight excluding hydrogens is 376 g/mol. The van der Waals surface area contributed by atoms with Gasteiger partial charge >= 0.3 is 0 Å². The molecule has 0 bridgehead atoms. The van der Waals surface area contributed by atoms with Crippen molar-refractivity contribution in [2.45, 2.75) is 13.5 Å². The average molecular weight is 398 g/mol. The Kier molecular flexibility index (Phi) is 5.41. The van der Waals surface area contributed by atoms with E-state index in [0.717, 1.165) is 19.6 Å². The summed E-state index contributed by atoms with van der Waals surface area (Å²) in [6, 6.07) is 11.5. The van der Waals surface area contributed by atoms with Gasteiger partial charge in [-0.1, -0.05) is 35.0 Å². The van der Waals surface area contributed by atoms with Gasteiger partial charge in [-0.2, -0.15) is 0 Å². The van der Waals surface area contributed by atoms with E-state index in [-0.39, 0.29) is 5.91 Å². The Morgan fingerprint density at radius 3 is 2.61 bits per heavy atom. The molecule has 28 heavy (non-hydrogen) atoms. The van der Waals surface area contributed by atoms with Gasteiger partial charge in [-0.3, -0.25) is 9.78 Å². The van der Waals surface area contributed by atoms with Crippen molar-refractivity contribution >= 4 is 17.5 Å². The van der Waals surface area contributed by atoms with Gasteiger partial charge in [0.1, 0.15) is 23.6 Å². The second-order valence-corrected chi connectivity index (χ2v) is 7.42. The molecule has 0 saturated carbocycles. The van der Waals surface area contributed by atoms with Crippen molar-refractivity contribution in [3.63, 3.8) is 0 Å². The molecule has 144 valence electrons.